The van der Waals surface area contributed by atoms with Crippen LogP contribution in [-0.4, -0.2) is 12.5 Å². The van der Waals surface area contributed by atoms with Crippen molar-refractivity contribution in [2.45, 2.75) is 66.2 Å². The third kappa shape index (κ3) is 6.70. The first-order valence-corrected chi connectivity index (χ1v) is 7.13. The van der Waals surface area contributed by atoms with Crippen molar-refractivity contribution in [1.29, 1.82) is 0 Å². The maximum atomic E-state index is 11.7. The first-order chi connectivity index (χ1) is 7.87. The molecule has 1 rings (SSSR count). The number of hydrogen-bond donors (Lipinski definition) is 1. The van der Waals surface area contributed by atoms with E-state index in [-0.39, 0.29) is 11.3 Å². The van der Waals surface area contributed by atoms with Gasteiger partial charge in [-0.2, -0.15) is 0 Å². The van der Waals surface area contributed by atoms with Gasteiger partial charge in [-0.25, -0.2) is 0 Å². The van der Waals surface area contributed by atoms with Crippen LogP contribution in [0, 0.1) is 17.3 Å². The Labute approximate surface area is 107 Å². The summed E-state index contributed by atoms with van der Waals surface area (Å²) in [6.07, 6.45) is 6.94. The minimum atomic E-state index is 0.234. The van der Waals surface area contributed by atoms with Gasteiger partial charge in [-0.3, -0.25) is 4.79 Å². The highest BCUT2D eigenvalue weighted by Crippen LogP contribution is 2.28. The molecular formula is C15H29NO. The quantitative estimate of drug-likeness (QED) is 0.795. The zero-order valence-electron chi connectivity index (χ0n) is 12.0. The lowest BCUT2D eigenvalue weighted by Crippen LogP contribution is -2.31. The Morgan fingerprint density at radius 3 is 2.59 bits per heavy atom. The summed E-state index contributed by atoms with van der Waals surface area (Å²) < 4.78 is 0. The van der Waals surface area contributed by atoms with Crippen LogP contribution in [0.1, 0.15) is 66.2 Å². The molecule has 0 aromatic carbocycles. The minimum Gasteiger partial charge on any atom is -0.356 e. The van der Waals surface area contributed by atoms with Crippen LogP contribution < -0.4 is 5.32 Å². The predicted molar refractivity (Wildman–Crippen MR) is 72.8 cm³/mol. The number of hydrogen-bond acceptors (Lipinski definition) is 1. The van der Waals surface area contributed by atoms with E-state index < -0.39 is 0 Å². The van der Waals surface area contributed by atoms with E-state index in [2.05, 4.69) is 33.0 Å². The second kappa shape index (κ2) is 6.42. The molecular weight excluding hydrogens is 210 g/mol. The standard InChI is InChI=1S/C15H29NO/c1-12-6-5-7-13(10-12)11-16-14(17)8-9-15(2,3)4/h12-13H,5-11H2,1-4H3,(H,16,17)/t12-,13+/m1/s1. The SMILES string of the molecule is C[C@@H]1CCC[C@H](CNC(=O)CCC(C)(C)C)C1. The van der Waals surface area contributed by atoms with Crippen LogP contribution in [0.5, 0.6) is 0 Å². The Bertz CT molecular complexity index is 242. The third-order valence-corrected chi connectivity index (χ3v) is 3.73. The fourth-order valence-electron chi connectivity index (χ4n) is 2.58. The molecule has 2 heteroatoms. The smallest absolute Gasteiger partial charge is 0.220 e. The average Bonchev–Trinajstić information content (AvgIpc) is 2.23. The Hall–Kier alpha value is -0.530. The molecule has 1 aliphatic rings. The number of amides is 1. The molecule has 0 unspecified atom stereocenters. The van der Waals surface area contributed by atoms with Crippen LogP contribution >= 0.6 is 0 Å². The molecule has 100 valence electrons. The van der Waals surface area contributed by atoms with Gasteiger partial charge in [-0.15, -0.1) is 0 Å². The van der Waals surface area contributed by atoms with Gasteiger partial charge in [0, 0.05) is 13.0 Å². The summed E-state index contributed by atoms with van der Waals surface area (Å²) in [5, 5.41) is 3.11. The molecule has 0 aliphatic heterocycles. The fourth-order valence-corrected chi connectivity index (χ4v) is 2.58. The summed E-state index contributed by atoms with van der Waals surface area (Å²) in [6.45, 7) is 9.77. The Morgan fingerprint density at radius 2 is 2.00 bits per heavy atom. The topological polar surface area (TPSA) is 29.1 Å². The van der Waals surface area contributed by atoms with Crippen molar-refractivity contribution in [1.82, 2.24) is 5.32 Å². The second-order valence-electron chi connectivity index (χ2n) is 7.00. The largest absolute Gasteiger partial charge is 0.356 e. The van der Waals surface area contributed by atoms with E-state index in [1.807, 2.05) is 0 Å². The van der Waals surface area contributed by atoms with Gasteiger partial charge in [0.2, 0.25) is 5.91 Å². The van der Waals surface area contributed by atoms with Crippen molar-refractivity contribution >= 4 is 5.91 Å². The molecule has 0 radical (unpaired) electrons. The van der Waals surface area contributed by atoms with Gasteiger partial charge >= 0.3 is 0 Å². The fraction of sp³-hybridized carbons (Fsp3) is 0.933. The van der Waals surface area contributed by atoms with E-state index >= 15 is 0 Å². The van der Waals surface area contributed by atoms with Crippen LogP contribution in [-0.2, 0) is 4.79 Å². The van der Waals surface area contributed by atoms with Crippen molar-refractivity contribution < 1.29 is 4.79 Å². The van der Waals surface area contributed by atoms with E-state index in [1.165, 1.54) is 25.7 Å². The number of rotatable bonds is 4. The first-order valence-electron chi connectivity index (χ1n) is 7.13. The molecule has 0 spiro atoms. The predicted octanol–water partition coefficient (Wildman–Crippen LogP) is 3.76. The molecule has 2 nitrogen and oxygen atoms in total. The Balaban J connectivity index is 2.15. The van der Waals surface area contributed by atoms with Crippen LogP contribution in [0.15, 0.2) is 0 Å². The molecule has 0 saturated heterocycles. The van der Waals surface area contributed by atoms with Crippen molar-refractivity contribution in [3.63, 3.8) is 0 Å². The van der Waals surface area contributed by atoms with Crippen LogP contribution in [0.4, 0.5) is 0 Å². The highest BCUT2D eigenvalue weighted by Gasteiger charge is 2.19. The lowest BCUT2D eigenvalue weighted by atomic mass is 9.82. The summed E-state index contributed by atoms with van der Waals surface area (Å²) in [5.74, 6) is 1.80. The van der Waals surface area contributed by atoms with Crippen LogP contribution in [0.2, 0.25) is 0 Å². The molecule has 2 atom stereocenters. The molecule has 0 aromatic rings. The van der Waals surface area contributed by atoms with Crippen molar-refractivity contribution in [3.05, 3.63) is 0 Å². The van der Waals surface area contributed by atoms with E-state index in [4.69, 9.17) is 0 Å². The second-order valence-corrected chi connectivity index (χ2v) is 7.00. The number of nitrogens with one attached hydrogen (secondary N) is 1. The highest BCUT2D eigenvalue weighted by atomic mass is 16.1. The normalized spacial score (nSPS) is 25.6. The molecule has 17 heavy (non-hydrogen) atoms. The van der Waals surface area contributed by atoms with Gasteiger partial charge in [0.15, 0.2) is 0 Å². The van der Waals surface area contributed by atoms with E-state index in [0.717, 1.165) is 24.8 Å². The van der Waals surface area contributed by atoms with Gasteiger partial charge in [0.25, 0.3) is 0 Å². The summed E-state index contributed by atoms with van der Waals surface area (Å²) in [5.41, 5.74) is 0.261. The summed E-state index contributed by atoms with van der Waals surface area (Å²) in [6, 6.07) is 0. The molecule has 1 aliphatic carbocycles. The zero-order valence-corrected chi connectivity index (χ0v) is 12.0. The van der Waals surface area contributed by atoms with E-state index in [0.29, 0.717) is 6.42 Å². The summed E-state index contributed by atoms with van der Waals surface area (Å²) in [4.78, 5) is 11.7. The maximum absolute atomic E-state index is 11.7. The first kappa shape index (κ1) is 14.5. The third-order valence-electron chi connectivity index (χ3n) is 3.73. The zero-order chi connectivity index (χ0) is 12.9. The number of carbonyl (C=O) groups excluding carboxylic acids is 1. The lowest BCUT2D eigenvalue weighted by Gasteiger charge is -2.27. The number of carbonyl (C=O) groups is 1. The van der Waals surface area contributed by atoms with Gasteiger partial charge in [0.05, 0.1) is 0 Å². The molecule has 1 fully saturated rings. The van der Waals surface area contributed by atoms with Crippen molar-refractivity contribution in [2.24, 2.45) is 17.3 Å². The van der Waals surface area contributed by atoms with Gasteiger partial charge < -0.3 is 5.32 Å². The summed E-state index contributed by atoms with van der Waals surface area (Å²) >= 11 is 0. The average molecular weight is 239 g/mol. The van der Waals surface area contributed by atoms with Gasteiger partial charge in [-0.05, 0) is 36.5 Å². The van der Waals surface area contributed by atoms with Gasteiger partial charge in [-0.1, -0.05) is 40.5 Å². The van der Waals surface area contributed by atoms with Gasteiger partial charge in [0.1, 0.15) is 0 Å². The molecule has 0 heterocycles. The molecule has 0 bridgehead atoms. The Morgan fingerprint density at radius 1 is 1.29 bits per heavy atom. The molecule has 1 N–H and O–H groups in total. The maximum Gasteiger partial charge on any atom is 0.220 e. The van der Waals surface area contributed by atoms with Crippen LogP contribution in [0.25, 0.3) is 0 Å². The van der Waals surface area contributed by atoms with E-state index in [1.54, 1.807) is 0 Å². The van der Waals surface area contributed by atoms with Crippen LogP contribution in [0.3, 0.4) is 0 Å². The van der Waals surface area contributed by atoms with Crippen molar-refractivity contribution in [2.75, 3.05) is 6.54 Å². The Kier molecular flexibility index (Phi) is 5.48. The van der Waals surface area contributed by atoms with E-state index in [9.17, 15) is 4.79 Å². The molecule has 0 aromatic heterocycles. The molecule has 1 amide bonds. The minimum absolute atomic E-state index is 0.234. The molecule has 1 saturated carbocycles. The summed E-state index contributed by atoms with van der Waals surface area (Å²) in [7, 11) is 0. The van der Waals surface area contributed by atoms with Crippen molar-refractivity contribution in [3.8, 4) is 0 Å². The lowest BCUT2D eigenvalue weighted by molar-refractivity contribution is -0.121. The monoisotopic (exact) mass is 239 g/mol. The highest BCUT2D eigenvalue weighted by molar-refractivity contribution is 5.75.